The normalized spacial score (nSPS) is 49.5. The molecule has 0 radical (unpaired) electrons. The third-order valence-electron chi connectivity index (χ3n) is 4.96. The van der Waals surface area contributed by atoms with E-state index in [1.165, 1.54) is 6.42 Å². The zero-order valence-corrected chi connectivity index (χ0v) is 9.36. The fraction of sp³-hybridized carbons (Fsp3) is 1.00. The van der Waals surface area contributed by atoms with Gasteiger partial charge in [0.15, 0.2) is 11.1 Å². The van der Waals surface area contributed by atoms with Crippen molar-refractivity contribution in [3.05, 3.63) is 0 Å². The van der Waals surface area contributed by atoms with Crippen LogP contribution in [0.4, 0.5) is 0 Å². The molecule has 2 aliphatic carbocycles. The number of fused-ring (bicyclic) bond motifs is 2. The lowest BCUT2D eigenvalue weighted by atomic mass is 9.71. The second kappa shape index (κ2) is 2.57. The van der Waals surface area contributed by atoms with E-state index in [1.807, 2.05) is 0 Å². The van der Waals surface area contributed by atoms with Crippen LogP contribution in [0, 0.1) is 16.7 Å². The fourth-order valence-corrected chi connectivity index (χ4v) is 4.70. The molecule has 2 bridgehead atoms. The predicted molar refractivity (Wildman–Crippen MR) is 53.8 cm³/mol. The van der Waals surface area contributed by atoms with Crippen LogP contribution >= 0.6 is 0 Å². The Morgan fingerprint density at radius 2 is 2.00 bits per heavy atom. The summed E-state index contributed by atoms with van der Waals surface area (Å²) in [7, 11) is 0. The molecule has 2 rings (SSSR count). The Bertz CT molecular complexity index is 262. The summed E-state index contributed by atoms with van der Waals surface area (Å²) >= 11 is -1.63. The maximum Gasteiger partial charge on any atom is 0.156 e. The van der Waals surface area contributed by atoms with Crippen molar-refractivity contribution in [2.24, 2.45) is 16.7 Å². The van der Waals surface area contributed by atoms with Gasteiger partial charge in [0, 0.05) is 0 Å². The van der Waals surface area contributed by atoms with E-state index in [4.69, 9.17) is 0 Å². The summed E-state index contributed by atoms with van der Waals surface area (Å²) < 4.78 is 20.4. The van der Waals surface area contributed by atoms with Crippen LogP contribution in [-0.2, 0) is 11.1 Å². The predicted octanol–water partition coefficient (Wildman–Crippen LogP) is 2.42. The zero-order chi connectivity index (χ0) is 9.85. The van der Waals surface area contributed by atoms with Gasteiger partial charge in [0.1, 0.15) is 0 Å². The minimum atomic E-state index is -1.63. The molecule has 0 aromatic carbocycles. The van der Waals surface area contributed by atoms with Crippen LogP contribution in [0.5, 0.6) is 0 Å². The molecule has 2 nitrogen and oxygen atoms in total. The highest BCUT2D eigenvalue weighted by molar-refractivity contribution is 7.80. The van der Waals surface area contributed by atoms with E-state index in [-0.39, 0.29) is 16.1 Å². The second-order valence-corrected chi connectivity index (χ2v) is 6.50. The summed E-state index contributed by atoms with van der Waals surface area (Å²) in [4.78, 5) is 0. The second-order valence-electron chi connectivity index (χ2n) is 5.38. The maximum atomic E-state index is 11.2. The minimum absolute atomic E-state index is 0.0150. The molecule has 3 heteroatoms. The summed E-state index contributed by atoms with van der Waals surface area (Å²) in [6.45, 7) is 6.72. The molecule has 2 aliphatic rings. The Kier molecular flexibility index (Phi) is 1.91. The van der Waals surface area contributed by atoms with Crippen molar-refractivity contribution in [2.75, 3.05) is 0 Å². The van der Waals surface area contributed by atoms with E-state index < -0.39 is 11.1 Å². The van der Waals surface area contributed by atoms with Gasteiger partial charge >= 0.3 is 0 Å². The van der Waals surface area contributed by atoms with Crippen molar-refractivity contribution in [1.29, 1.82) is 0 Å². The zero-order valence-electron chi connectivity index (χ0n) is 8.54. The van der Waals surface area contributed by atoms with Crippen molar-refractivity contribution in [1.82, 2.24) is 0 Å². The lowest BCUT2D eigenvalue weighted by Crippen LogP contribution is -2.37. The van der Waals surface area contributed by atoms with Crippen molar-refractivity contribution >= 4 is 11.1 Å². The average molecular weight is 202 g/mol. The first kappa shape index (κ1) is 9.66. The summed E-state index contributed by atoms with van der Waals surface area (Å²) in [5.74, 6) is 0.665. The van der Waals surface area contributed by atoms with Crippen LogP contribution in [0.1, 0.15) is 40.0 Å². The van der Waals surface area contributed by atoms with Crippen LogP contribution in [0.3, 0.4) is 0 Å². The largest absolute Gasteiger partial charge is 0.306 e. The molecule has 0 aromatic rings. The molecule has 0 saturated heterocycles. The first-order chi connectivity index (χ1) is 5.89. The average Bonchev–Trinajstić information content (AvgIpc) is 2.34. The molecule has 2 fully saturated rings. The number of hydrogen-bond acceptors (Lipinski definition) is 1. The smallest absolute Gasteiger partial charge is 0.156 e. The van der Waals surface area contributed by atoms with Crippen molar-refractivity contribution < 1.29 is 8.76 Å². The van der Waals surface area contributed by atoms with E-state index in [1.54, 1.807) is 0 Å². The van der Waals surface area contributed by atoms with Crippen LogP contribution in [0.15, 0.2) is 0 Å². The highest BCUT2D eigenvalue weighted by Crippen LogP contribution is 2.66. The highest BCUT2D eigenvalue weighted by atomic mass is 32.2. The Hall–Kier alpha value is 0.110. The quantitative estimate of drug-likeness (QED) is 0.663. The van der Waals surface area contributed by atoms with Gasteiger partial charge in [-0.05, 0) is 36.0 Å². The minimum Gasteiger partial charge on any atom is -0.306 e. The molecule has 4 unspecified atom stereocenters. The summed E-state index contributed by atoms with van der Waals surface area (Å²) in [5.41, 5.74) is 0.354. The molecule has 0 heterocycles. The Morgan fingerprint density at radius 3 is 2.23 bits per heavy atom. The topological polar surface area (TPSA) is 37.3 Å². The SMILES string of the molecule is CC1(C)C2CCC1(C)C(S(=O)O)C2. The van der Waals surface area contributed by atoms with Gasteiger partial charge in [-0.1, -0.05) is 20.8 Å². The first-order valence-corrected chi connectivity index (χ1v) is 6.16. The molecule has 13 heavy (non-hydrogen) atoms. The van der Waals surface area contributed by atoms with Gasteiger partial charge in [-0.15, -0.1) is 0 Å². The van der Waals surface area contributed by atoms with Gasteiger partial charge in [-0.2, -0.15) is 0 Å². The standard InChI is InChI=1S/C10H18O2S/c1-9(2)7-4-5-10(9,3)8(6-7)13(11)12/h7-8H,4-6H2,1-3H3,(H,11,12). The van der Waals surface area contributed by atoms with E-state index in [2.05, 4.69) is 20.8 Å². The monoisotopic (exact) mass is 202 g/mol. The molecule has 0 spiro atoms. The Labute approximate surface area is 82.4 Å². The molecule has 0 aromatic heterocycles. The van der Waals surface area contributed by atoms with E-state index in [0.717, 1.165) is 12.8 Å². The van der Waals surface area contributed by atoms with Crippen molar-refractivity contribution in [3.63, 3.8) is 0 Å². The summed E-state index contributed by atoms with van der Waals surface area (Å²) in [5, 5.41) is 0.0150. The molecular formula is C10H18O2S. The number of rotatable bonds is 1. The Morgan fingerprint density at radius 1 is 1.38 bits per heavy atom. The van der Waals surface area contributed by atoms with Crippen LogP contribution in [-0.4, -0.2) is 14.0 Å². The number of hydrogen-bond donors (Lipinski definition) is 1. The van der Waals surface area contributed by atoms with Gasteiger partial charge in [-0.3, -0.25) is 0 Å². The van der Waals surface area contributed by atoms with E-state index in [0.29, 0.717) is 5.92 Å². The molecule has 76 valence electrons. The van der Waals surface area contributed by atoms with Crippen molar-refractivity contribution in [2.45, 2.75) is 45.3 Å². The third-order valence-corrected chi connectivity index (χ3v) is 6.16. The Balaban J connectivity index is 2.38. The van der Waals surface area contributed by atoms with Gasteiger partial charge in [0.05, 0.1) is 5.25 Å². The van der Waals surface area contributed by atoms with Crippen LogP contribution in [0.25, 0.3) is 0 Å². The van der Waals surface area contributed by atoms with Gasteiger partial charge in [0.25, 0.3) is 0 Å². The molecule has 2 saturated carbocycles. The van der Waals surface area contributed by atoms with Crippen LogP contribution < -0.4 is 0 Å². The van der Waals surface area contributed by atoms with Crippen molar-refractivity contribution in [3.8, 4) is 0 Å². The molecule has 0 amide bonds. The van der Waals surface area contributed by atoms with E-state index >= 15 is 0 Å². The van der Waals surface area contributed by atoms with Crippen LogP contribution in [0.2, 0.25) is 0 Å². The molecule has 0 aliphatic heterocycles. The highest BCUT2D eigenvalue weighted by Gasteiger charge is 2.62. The lowest BCUT2D eigenvalue weighted by Gasteiger charge is -2.37. The third kappa shape index (κ3) is 1.00. The summed E-state index contributed by atoms with van der Waals surface area (Å²) in [6.07, 6.45) is 3.32. The summed E-state index contributed by atoms with van der Waals surface area (Å²) in [6, 6.07) is 0. The van der Waals surface area contributed by atoms with Gasteiger partial charge in [0.2, 0.25) is 0 Å². The fourth-order valence-electron chi connectivity index (χ4n) is 3.44. The first-order valence-electron chi connectivity index (χ1n) is 4.99. The molecular weight excluding hydrogens is 184 g/mol. The van der Waals surface area contributed by atoms with Gasteiger partial charge < -0.3 is 4.55 Å². The lowest BCUT2D eigenvalue weighted by molar-refractivity contribution is 0.153. The van der Waals surface area contributed by atoms with E-state index in [9.17, 15) is 8.76 Å². The molecule has 4 atom stereocenters. The molecule has 1 N–H and O–H groups in total. The van der Waals surface area contributed by atoms with Gasteiger partial charge in [-0.25, -0.2) is 4.21 Å². The maximum absolute atomic E-state index is 11.2.